The van der Waals surface area contributed by atoms with Crippen LogP contribution in [0.4, 0.5) is 5.13 Å². The molecule has 0 radical (unpaired) electrons. The molecule has 1 saturated heterocycles. The van der Waals surface area contributed by atoms with E-state index in [4.69, 9.17) is 0 Å². The van der Waals surface area contributed by atoms with Gasteiger partial charge in [-0.05, 0) is 38.0 Å². The Morgan fingerprint density at radius 3 is 2.76 bits per heavy atom. The van der Waals surface area contributed by atoms with Gasteiger partial charge < -0.3 is 10.0 Å². The Morgan fingerprint density at radius 2 is 2.10 bits per heavy atom. The van der Waals surface area contributed by atoms with Crippen LogP contribution in [0.2, 0.25) is 0 Å². The summed E-state index contributed by atoms with van der Waals surface area (Å²) < 4.78 is 0. The topological polar surface area (TPSA) is 53.4 Å². The van der Waals surface area contributed by atoms with Crippen molar-refractivity contribution in [3.05, 3.63) is 10.6 Å². The van der Waals surface area contributed by atoms with Crippen LogP contribution in [0.3, 0.4) is 0 Å². The van der Waals surface area contributed by atoms with Crippen molar-refractivity contribution in [2.75, 3.05) is 11.4 Å². The number of aryl methyl sites for hydroxylation is 1. The molecule has 2 fully saturated rings. The lowest BCUT2D eigenvalue weighted by molar-refractivity contribution is 0.0700. The third-order valence-corrected chi connectivity index (χ3v) is 5.98. The molecule has 1 aromatic heterocycles. The Labute approximate surface area is 130 Å². The lowest BCUT2D eigenvalue weighted by Gasteiger charge is -2.29. The maximum absolute atomic E-state index is 11.4. The van der Waals surface area contributed by atoms with Crippen molar-refractivity contribution in [3.8, 4) is 0 Å². The van der Waals surface area contributed by atoms with Crippen molar-refractivity contribution in [1.29, 1.82) is 0 Å². The number of rotatable bonds is 5. The number of carbonyl (C=O) groups is 1. The van der Waals surface area contributed by atoms with Crippen molar-refractivity contribution in [2.24, 2.45) is 5.92 Å². The van der Waals surface area contributed by atoms with Crippen LogP contribution in [-0.2, 0) is 6.42 Å². The lowest BCUT2D eigenvalue weighted by Crippen LogP contribution is -2.34. The Bertz CT molecular complexity index is 508. The number of hydrogen-bond donors (Lipinski definition) is 1. The standard InChI is InChI=1S/C16H24N2O2S/c1-2-6-12-14(15(19)20)21-16(17-12)18-10-5-9-13(18)11-7-3-4-8-11/h11,13H,2-10H2,1H3,(H,19,20). The number of aromatic nitrogens is 1. The van der Waals surface area contributed by atoms with E-state index in [1.54, 1.807) is 0 Å². The highest BCUT2D eigenvalue weighted by molar-refractivity contribution is 7.17. The smallest absolute Gasteiger partial charge is 0.347 e. The zero-order chi connectivity index (χ0) is 14.8. The van der Waals surface area contributed by atoms with Crippen LogP contribution in [0.5, 0.6) is 0 Å². The summed E-state index contributed by atoms with van der Waals surface area (Å²) in [5.41, 5.74) is 0.780. The number of thiazole rings is 1. The van der Waals surface area contributed by atoms with E-state index in [9.17, 15) is 9.90 Å². The van der Waals surface area contributed by atoms with E-state index >= 15 is 0 Å². The molecule has 4 nitrogen and oxygen atoms in total. The molecular weight excluding hydrogens is 284 g/mol. The van der Waals surface area contributed by atoms with E-state index in [2.05, 4.69) is 16.8 Å². The molecule has 1 atom stereocenters. The predicted octanol–water partition coefficient (Wildman–Crippen LogP) is 3.95. The molecule has 1 saturated carbocycles. The van der Waals surface area contributed by atoms with E-state index in [1.165, 1.54) is 49.9 Å². The zero-order valence-corrected chi connectivity index (χ0v) is 13.5. The molecule has 1 unspecified atom stereocenters. The fourth-order valence-electron chi connectivity index (χ4n) is 3.90. The first-order chi connectivity index (χ1) is 10.2. The molecular formula is C16H24N2O2S. The second-order valence-corrected chi connectivity index (χ2v) is 7.25. The van der Waals surface area contributed by atoms with E-state index in [0.717, 1.165) is 36.1 Å². The lowest BCUT2D eigenvalue weighted by atomic mass is 9.96. The second-order valence-electron chi connectivity index (χ2n) is 6.27. The molecule has 0 aromatic carbocycles. The molecule has 2 heterocycles. The molecule has 1 aromatic rings. The summed E-state index contributed by atoms with van der Waals surface area (Å²) >= 11 is 1.38. The molecule has 5 heteroatoms. The van der Waals surface area contributed by atoms with Gasteiger partial charge in [0.25, 0.3) is 0 Å². The molecule has 0 amide bonds. The minimum absolute atomic E-state index is 0.448. The molecule has 1 N–H and O–H groups in total. The molecule has 0 bridgehead atoms. The van der Waals surface area contributed by atoms with Crippen LogP contribution < -0.4 is 4.90 Å². The van der Waals surface area contributed by atoms with Gasteiger partial charge in [-0.15, -0.1) is 0 Å². The first-order valence-electron chi connectivity index (χ1n) is 8.20. The van der Waals surface area contributed by atoms with E-state index < -0.39 is 5.97 Å². The maximum atomic E-state index is 11.4. The summed E-state index contributed by atoms with van der Waals surface area (Å²) in [6, 6.07) is 0.592. The highest BCUT2D eigenvalue weighted by Gasteiger charge is 2.35. The summed E-state index contributed by atoms with van der Waals surface area (Å²) in [5.74, 6) is -0.0295. The second kappa shape index (κ2) is 6.34. The average Bonchev–Trinajstić information content (AvgIpc) is 3.18. The van der Waals surface area contributed by atoms with Crippen LogP contribution in [-0.4, -0.2) is 28.6 Å². The first kappa shape index (κ1) is 14.8. The quantitative estimate of drug-likeness (QED) is 0.894. The fourth-order valence-corrected chi connectivity index (χ4v) is 4.93. The van der Waals surface area contributed by atoms with Gasteiger partial charge in [-0.1, -0.05) is 37.5 Å². The zero-order valence-electron chi connectivity index (χ0n) is 12.7. The summed E-state index contributed by atoms with van der Waals surface area (Å²) in [6.45, 7) is 3.11. The number of nitrogens with zero attached hydrogens (tertiary/aromatic N) is 2. The monoisotopic (exact) mass is 308 g/mol. The SMILES string of the molecule is CCCc1nc(N2CCCC2C2CCCC2)sc1C(=O)O. The van der Waals surface area contributed by atoms with Crippen molar-refractivity contribution in [3.63, 3.8) is 0 Å². The van der Waals surface area contributed by atoms with Gasteiger partial charge >= 0.3 is 5.97 Å². The molecule has 116 valence electrons. The van der Waals surface area contributed by atoms with Crippen LogP contribution >= 0.6 is 11.3 Å². The van der Waals surface area contributed by atoms with E-state index in [0.29, 0.717) is 10.9 Å². The van der Waals surface area contributed by atoms with Crippen LogP contribution in [0, 0.1) is 5.92 Å². The number of hydrogen-bond acceptors (Lipinski definition) is 4. The summed E-state index contributed by atoms with van der Waals surface area (Å²) in [6.07, 6.45) is 9.54. The van der Waals surface area contributed by atoms with Crippen molar-refractivity contribution in [2.45, 2.75) is 64.3 Å². The number of carboxylic acids is 1. The largest absolute Gasteiger partial charge is 0.477 e. The van der Waals surface area contributed by atoms with Gasteiger partial charge in [0, 0.05) is 12.6 Å². The minimum Gasteiger partial charge on any atom is -0.477 e. The van der Waals surface area contributed by atoms with E-state index in [-0.39, 0.29) is 0 Å². The first-order valence-corrected chi connectivity index (χ1v) is 9.02. The van der Waals surface area contributed by atoms with Gasteiger partial charge in [0.1, 0.15) is 4.88 Å². The molecule has 1 aliphatic heterocycles. The van der Waals surface area contributed by atoms with Gasteiger partial charge in [-0.2, -0.15) is 0 Å². The fraction of sp³-hybridized carbons (Fsp3) is 0.750. The summed E-state index contributed by atoms with van der Waals surface area (Å²) in [4.78, 5) is 19.0. The number of aromatic carboxylic acids is 1. The highest BCUT2D eigenvalue weighted by Crippen LogP contribution is 2.39. The third-order valence-electron chi connectivity index (χ3n) is 4.86. The number of anilines is 1. The average molecular weight is 308 g/mol. The molecule has 0 spiro atoms. The highest BCUT2D eigenvalue weighted by atomic mass is 32.1. The van der Waals surface area contributed by atoms with Crippen molar-refractivity contribution in [1.82, 2.24) is 4.98 Å². The van der Waals surface area contributed by atoms with Gasteiger partial charge in [-0.3, -0.25) is 0 Å². The molecule has 2 aliphatic rings. The van der Waals surface area contributed by atoms with Crippen molar-refractivity contribution < 1.29 is 9.90 Å². The predicted molar refractivity (Wildman–Crippen MR) is 85.4 cm³/mol. The van der Waals surface area contributed by atoms with Crippen molar-refractivity contribution >= 4 is 22.4 Å². The van der Waals surface area contributed by atoms with Gasteiger partial charge in [0.2, 0.25) is 0 Å². The Balaban J connectivity index is 1.84. The Kier molecular flexibility index (Phi) is 4.48. The van der Waals surface area contributed by atoms with Gasteiger partial charge in [-0.25, -0.2) is 9.78 Å². The molecule has 21 heavy (non-hydrogen) atoms. The maximum Gasteiger partial charge on any atom is 0.347 e. The van der Waals surface area contributed by atoms with Crippen LogP contribution in [0.1, 0.15) is 67.2 Å². The molecule has 1 aliphatic carbocycles. The Hall–Kier alpha value is -1.10. The summed E-state index contributed by atoms with van der Waals surface area (Å²) in [7, 11) is 0. The normalized spacial score (nSPS) is 23.1. The van der Waals surface area contributed by atoms with E-state index in [1.807, 2.05) is 0 Å². The molecule has 3 rings (SSSR count). The van der Waals surface area contributed by atoms with Gasteiger partial charge in [0.15, 0.2) is 5.13 Å². The third kappa shape index (κ3) is 2.93. The summed E-state index contributed by atoms with van der Waals surface area (Å²) in [5, 5.41) is 10.3. The van der Waals surface area contributed by atoms with Crippen LogP contribution in [0.25, 0.3) is 0 Å². The number of carboxylic acid groups (broad SMARTS) is 1. The minimum atomic E-state index is -0.821. The van der Waals surface area contributed by atoms with Crippen LogP contribution in [0.15, 0.2) is 0 Å². The van der Waals surface area contributed by atoms with Gasteiger partial charge in [0.05, 0.1) is 5.69 Å². The Morgan fingerprint density at radius 1 is 1.33 bits per heavy atom.